The molecule has 2 aliphatic heterocycles. The third-order valence-corrected chi connectivity index (χ3v) is 6.16. The Morgan fingerprint density at radius 3 is 2.40 bits per heavy atom. The molecule has 2 fully saturated rings. The lowest BCUT2D eigenvalue weighted by molar-refractivity contribution is -0.0164. The van der Waals surface area contributed by atoms with Crippen molar-refractivity contribution in [2.75, 3.05) is 53.5 Å². The SMILES string of the molecule is CCNC(=NCc1ccc(C(=O)N(C)C)cc1)NCC1(N2CCCC2)CCOCC1. The summed E-state index contributed by atoms with van der Waals surface area (Å²) in [6.45, 7) is 8.42. The van der Waals surface area contributed by atoms with Gasteiger partial charge in [-0.05, 0) is 63.4 Å². The first-order valence-electron chi connectivity index (χ1n) is 11.2. The van der Waals surface area contributed by atoms with Gasteiger partial charge in [-0.1, -0.05) is 12.1 Å². The van der Waals surface area contributed by atoms with Crippen molar-refractivity contribution < 1.29 is 9.53 Å². The fraction of sp³-hybridized carbons (Fsp3) is 0.652. The Morgan fingerprint density at radius 1 is 1.13 bits per heavy atom. The van der Waals surface area contributed by atoms with E-state index in [1.807, 2.05) is 24.3 Å². The summed E-state index contributed by atoms with van der Waals surface area (Å²) in [7, 11) is 3.53. The van der Waals surface area contributed by atoms with Crippen molar-refractivity contribution in [1.29, 1.82) is 0 Å². The summed E-state index contributed by atoms with van der Waals surface area (Å²) in [5.74, 6) is 0.861. The van der Waals surface area contributed by atoms with Crippen molar-refractivity contribution in [2.24, 2.45) is 4.99 Å². The van der Waals surface area contributed by atoms with Gasteiger partial charge in [0.25, 0.3) is 5.91 Å². The number of rotatable bonds is 7. The maximum atomic E-state index is 12.0. The zero-order valence-electron chi connectivity index (χ0n) is 18.7. The molecular formula is C23H37N5O2. The topological polar surface area (TPSA) is 69.2 Å². The largest absolute Gasteiger partial charge is 0.381 e. The third-order valence-electron chi connectivity index (χ3n) is 6.16. The van der Waals surface area contributed by atoms with Crippen LogP contribution in [0.25, 0.3) is 0 Å². The molecule has 0 unspecified atom stereocenters. The van der Waals surface area contributed by atoms with Crippen LogP contribution >= 0.6 is 0 Å². The third kappa shape index (κ3) is 5.73. The van der Waals surface area contributed by atoms with Crippen LogP contribution in [0.15, 0.2) is 29.3 Å². The molecule has 0 atom stereocenters. The number of likely N-dealkylation sites (tertiary alicyclic amines) is 1. The Morgan fingerprint density at radius 2 is 1.80 bits per heavy atom. The average molecular weight is 416 g/mol. The van der Waals surface area contributed by atoms with Crippen molar-refractivity contribution in [3.05, 3.63) is 35.4 Å². The number of nitrogens with one attached hydrogen (secondary N) is 2. The monoisotopic (exact) mass is 415 g/mol. The Labute approximate surface area is 180 Å². The molecule has 166 valence electrons. The summed E-state index contributed by atoms with van der Waals surface area (Å²) in [5.41, 5.74) is 1.95. The molecule has 0 spiro atoms. The van der Waals surface area contributed by atoms with Gasteiger partial charge >= 0.3 is 0 Å². The van der Waals surface area contributed by atoms with E-state index in [9.17, 15) is 4.79 Å². The van der Waals surface area contributed by atoms with Gasteiger partial charge in [-0.2, -0.15) is 0 Å². The van der Waals surface area contributed by atoms with E-state index in [-0.39, 0.29) is 11.4 Å². The van der Waals surface area contributed by atoms with Crippen LogP contribution in [0.5, 0.6) is 0 Å². The van der Waals surface area contributed by atoms with Crippen LogP contribution in [-0.4, -0.2) is 80.7 Å². The van der Waals surface area contributed by atoms with Crippen LogP contribution in [0.1, 0.15) is 48.5 Å². The smallest absolute Gasteiger partial charge is 0.253 e. The van der Waals surface area contributed by atoms with Crippen molar-refractivity contribution >= 4 is 11.9 Å². The number of guanidine groups is 1. The van der Waals surface area contributed by atoms with Crippen molar-refractivity contribution in [2.45, 2.75) is 44.7 Å². The van der Waals surface area contributed by atoms with Crippen LogP contribution in [-0.2, 0) is 11.3 Å². The predicted octanol–water partition coefficient (Wildman–Crippen LogP) is 2.09. The van der Waals surface area contributed by atoms with E-state index in [1.165, 1.54) is 25.9 Å². The highest BCUT2D eigenvalue weighted by molar-refractivity contribution is 5.93. The maximum absolute atomic E-state index is 12.0. The summed E-state index contributed by atoms with van der Waals surface area (Å²) in [5, 5.41) is 6.98. The van der Waals surface area contributed by atoms with Crippen LogP contribution in [0, 0.1) is 0 Å². The van der Waals surface area contributed by atoms with Gasteiger partial charge < -0.3 is 20.3 Å². The van der Waals surface area contributed by atoms with E-state index < -0.39 is 0 Å². The molecule has 3 rings (SSSR count). The minimum Gasteiger partial charge on any atom is -0.381 e. The van der Waals surface area contributed by atoms with E-state index >= 15 is 0 Å². The zero-order chi connectivity index (χ0) is 21.4. The second-order valence-electron chi connectivity index (χ2n) is 8.48. The van der Waals surface area contributed by atoms with E-state index in [2.05, 4.69) is 22.5 Å². The molecule has 2 saturated heterocycles. The Balaban J connectivity index is 1.63. The number of nitrogens with zero attached hydrogens (tertiary/aromatic N) is 3. The number of ether oxygens (including phenoxy) is 1. The predicted molar refractivity (Wildman–Crippen MR) is 121 cm³/mol. The van der Waals surface area contributed by atoms with Crippen molar-refractivity contribution in [1.82, 2.24) is 20.4 Å². The maximum Gasteiger partial charge on any atom is 0.253 e. The molecular weight excluding hydrogens is 378 g/mol. The number of amides is 1. The number of carbonyl (C=O) groups is 1. The molecule has 1 aromatic carbocycles. The number of hydrogen-bond acceptors (Lipinski definition) is 4. The second-order valence-corrected chi connectivity index (χ2v) is 8.48. The highest BCUT2D eigenvalue weighted by Crippen LogP contribution is 2.30. The van der Waals surface area contributed by atoms with E-state index in [0.29, 0.717) is 12.1 Å². The minimum absolute atomic E-state index is 0.0173. The van der Waals surface area contributed by atoms with Crippen LogP contribution in [0.3, 0.4) is 0 Å². The van der Waals surface area contributed by atoms with Gasteiger partial charge in [0.2, 0.25) is 0 Å². The summed E-state index contributed by atoms with van der Waals surface area (Å²) in [6.07, 6.45) is 4.73. The molecule has 7 heteroatoms. The number of carbonyl (C=O) groups excluding carboxylic acids is 1. The Bertz CT molecular complexity index is 705. The molecule has 0 bridgehead atoms. The van der Waals surface area contributed by atoms with Gasteiger partial charge in [0.15, 0.2) is 5.96 Å². The molecule has 30 heavy (non-hydrogen) atoms. The van der Waals surface area contributed by atoms with Gasteiger partial charge in [-0.3, -0.25) is 9.69 Å². The molecule has 0 aliphatic carbocycles. The highest BCUT2D eigenvalue weighted by Gasteiger charge is 2.39. The molecule has 0 radical (unpaired) electrons. The Hall–Kier alpha value is -2.12. The first-order chi connectivity index (χ1) is 14.5. The fourth-order valence-corrected chi connectivity index (χ4v) is 4.32. The van der Waals surface area contributed by atoms with E-state index in [4.69, 9.17) is 9.73 Å². The lowest BCUT2D eigenvalue weighted by Gasteiger charge is -2.45. The first-order valence-corrected chi connectivity index (χ1v) is 11.2. The lowest BCUT2D eigenvalue weighted by atomic mass is 9.88. The van der Waals surface area contributed by atoms with Gasteiger partial charge in [0.05, 0.1) is 6.54 Å². The molecule has 0 saturated carbocycles. The van der Waals surface area contributed by atoms with Crippen molar-refractivity contribution in [3.8, 4) is 0 Å². The standard InChI is InChI=1S/C23H37N5O2/c1-4-24-22(25-17-19-7-9-20(10-8-19)21(29)27(2)3)26-18-23(11-15-30-16-12-23)28-13-5-6-14-28/h7-10H,4-6,11-18H2,1-3H3,(H2,24,25,26). The molecule has 1 amide bonds. The second kappa shape index (κ2) is 10.8. The first kappa shape index (κ1) is 22.6. The molecule has 2 aliphatic rings. The van der Waals surface area contributed by atoms with Crippen LogP contribution in [0.2, 0.25) is 0 Å². The van der Waals surface area contributed by atoms with Gasteiger partial charge in [0, 0.05) is 51.5 Å². The molecule has 2 N–H and O–H groups in total. The number of benzene rings is 1. The van der Waals surface area contributed by atoms with E-state index in [1.54, 1.807) is 19.0 Å². The summed E-state index contributed by atoms with van der Waals surface area (Å²) >= 11 is 0. The normalized spacial score (nSPS) is 19.5. The minimum atomic E-state index is 0.0173. The molecule has 7 nitrogen and oxygen atoms in total. The summed E-state index contributed by atoms with van der Waals surface area (Å²) in [6, 6.07) is 7.71. The quantitative estimate of drug-likeness (QED) is 0.527. The van der Waals surface area contributed by atoms with Gasteiger partial charge in [-0.15, -0.1) is 0 Å². The van der Waals surface area contributed by atoms with Crippen LogP contribution < -0.4 is 10.6 Å². The molecule has 1 aromatic rings. The average Bonchev–Trinajstić information content (AvgIpc) is 3.32. The molecule has 0 aromatic heterocycles. The number of hydrogen-bond donors (Lipinski definition) is 2. The zero-order valence-corrected chi connectivity index (χ0v) is 18.7. The summed E-state index contributed by atoms with van der Waals surface area (Å²) < 4.78 is 5.66. The van der Waals surface area contributed by atoms with Gasteiger partial charge in [-0.25, -0.2) is 4.99 Å². The lowest BCUT2D eigenvalue weighted by Crippen LogP contribution is -2.58. The van der Waals surface area contributed by atoms with E-state index in [0.717, 1.165) is 50.7 Å². The summed E-state index contributed by atoms with van der Waals surface area (Å²) in [4.78, 5) is 21.1. The van der Waals surface area contributed by atoms with Crippen molar-refractivity contribution in [3.63, 3.8) is 0 Å². The molecule has 2 heterocycles. The fourth-order valence-electron chi connectivity index (χ4n) is 4.32. The van der Waals surface area contributed by atoms with Gasteiger partial charge in [0.1, 0.15) is 0 Å². The number of aliphatic imine (C=N–C) groups is 1. The highest BCUT2D eigenvalue weighted by atomic mass is 16.5. The van der Waals surface area contributed by atoms with Crippen LogP contribution in [0.4, 0.5) is 0 Å². The Kier molecular flexibility index (Phi) is 8.10.